The maximum absolute atomic E-state index is 12.7. The molecule has 0 aliphatic carbocycles. The van der Waals surface area contributed by atoms with Crippen LogP contribution >= 0.6 is 0 Å². The van der Waals surface area contributed by atoms with Crippen LogP contribution in [0.1, 0.15) is 5.56 Å². The van der Waals surface area contributed by atoms with Crippen LogP contribution in [0.3, 0.4) is 0 Å². The Hall–Kier alpha value is -7.34. The van der Waals surface area contributed by atoms with E-state index in [0.29, 0.717) is 5.56 Å². The summed E-state index contributed by atoms with van der Waals surface area (Å²) in [6.07, 6.45) is 0. The molecule has 0 unspecified atom stereocenters. The Balaban J connectivity index is 1.35. The monoisotopic (exact) mass is 747 g/mol. The van der Waals surface area contributed by atoms with Crippen molar-refractivity contribution in [3.05, 3.63) is 223 Å². The number of para-hydroxylation sites is 1. The van der Waals surface area contributed by atoms with Gasteiger partial charge in [0.1, 0.15) is 26.0 Å². The van der Waals surface area contributed by atoms with Gasteiger partial charge in [0.05, 0.1) is 17.1 Å². The highest BCUT2D eigenvalue weighted by Crippen LogP contribution is 2.47. The Morgan fingerprint density at radius 1 is 0.500 bits per heavy atom. The first kappa shape index (κ1) is 36.3. The van der Waals surface area contributed by atoms with Gasteiger partial charge in [0, 0.05) is 22.1 Å². The average Bonchev–Trinajstić information content (AvgIpc) is 3.29. The zero-order chi connectivity index (χ0) is 39.8. The summed E-state index contributed by atoms with van der Waals surface area (Å²) in [5.41, 5.74) is 5.85. The molecule has 0 heterocycles. The lowest BCUT2D eigenvalue weighted by atomic mass is 9.76. The Morgan fingerprint density at radius 2 is 0.983 bits per heavy atom. The smallest absolute Gasteiger partial charge is 0.132 e. The van der Waals surface area contributed by atoms with Crippen LogP contribution in [0.4, 0.5) is 11.4 Å². The molecule has 0 amide bonds. The minimum atomic E-state index is -0.721. The van der Waals surface area contributed by atoms with E-state index in [-0.39, 0.29) is 28.3 Å². The van der Waals surface area contributed by atoms with Crippen molar-refractivity contribution in [2.45, 2.75) is 0 Å². The van der Waals surface area contributed by atoms with Crippen LogP contribution < -0.4 is 4.90 Å². The topological polar surface area (TPSA) is 63.9 Å². The first-order chi connectivity index (χ1) is 28.5. The van der Waals surface area contributed by atoms with E-state index in [2.05, 4.69) is 61.2 Å². The second-order valence-electron chi connectivity index (χ2n) is 14.3. The van der Waals surface area contributed by atoms with Crippen LogP contribution in [0, 0.1) is 0 Å². The van der Waals surface area contributed by atoms with Crippen LogP contribution in [-0.4, -0.2) is 29.8 Å². The van der Waals surface area contributed by atoms with Crippen molar-refractivity contribution in [2.75, 3.05) is 11.5 Å². The lowest BCUT2D eigenvalue weighted by Gasteiger charge is -2.31. The maximum atomic E-state index is 12.7. The molecule has 58 heavy (non-hydrogen) atoms. The average molecular weight is 748 g/mol. The zero-order valence-electron chi connectivity index (χ0n) is 31.7. The van der Waals surface area contributed by atoms with E-state index >= 15 is 0 Å². The summed E-state index contributed by atoms with van der Waals surface area (Å²) in [6.45, 7) is 3.85. The number of aliphatic hydroxyl groups is 3. The Morgan fingerprint density at radius 3 is 1.64 bits per heavy atom. The summed E-state index contributed by atoms with van der Waals surface area (Å²) in [5.74, 6) is -0.742. The predicted octanol–water partition coefficient (Wildman–Crippen LogP) is 13.2. The number of rotatable bonds is 9. The molecule has 0 saturated carbocycles. The summed E-state index contributed by atoms with van der Waals surface area (Å²) in [6, 6.07) is 62.6. The van der Waals surface area contributed by atoms with Gasteiger partial charge in [-0.1, -0.05) is 183 Å². The molecule has 0 atom stereocenters. The molecule has 0 aromatic heterocycles. The molecule has 0 spiro atoms. The third kappa shape index (κ3) is 6.19. The molecule has 9 aromatic carbocycles. The quantitative estimate of drug-likeness (QED) is 0.0595. The predicted molar refractivity (Wildman–Crippen MR) is 244 cm³/mol. The number of allylic oxidation sites excluding steroid dienone is 2. The van der Waals surface area contributed by atoms with E-state index in [4.69, 9.17) is 7.85 Å². The highest BCUT2D eigenvalue weighted by Gasteiger charge is 2.28. The number of nitrogens with zero attached hydrogens (tertiary/aromatic N) is 1. The highest BCUT2D eigenvalue weighted by atomic mass is 16.3. The van der Waals surface area contributed by atoms with Gasteiger partial charge in [-0.15, -0.1) is 0 Å². The second kappa shape index (κ2) is 15.3. The Labute approximate surface area is 338 Å². The van der Waals surface area contributed by atoms with E-state index in [9.17, 15) is 15.3 Å². The van der Waals surface area contributed by atoms with Crippen LogP contribution in [0.5, 0.6) is 0 Å². The maximum Gasteiger partial charge on any atom is 0.132 e. The minimum absolute atomic E-state index is 0.113. The van der Waals surface area contributed by atoms with Crippen LogP contribution in [0.15, 0.2) is 217 Å². The molecule has 3 N–H and O–H groups in total. The van der Waals surface area contributed by atoms with E-state index in [1.54, 1.807) is 0 Å². The van der Waals surface area contributed by atoms with Crippen LogP contribution in [0.25, 0.3) is 70.9 Å². The van der Waals surface area contributed by atoms with E-state index < -0.39 is 6.61 Å². The fourth-order valence-corrected chi connectivity index (χ4v) is 8.37. The van der Waals surface area contributed by atoms with Crippen LogP contribution in [0.2, 0.25) is 0 Å². The molecular weight excluding hydrogens is 709 g/mol. The van der Waals surface area contributed by atoms with Crippen LogP contribution in [-0.2, 0) is 0 Å². The van der Waals surface area contributed by atoms with Gasteiger partial charge in [0.25, 0.3) is 0 Å². The molecule has 4 nitrogen and oxygen atoms in total. The summed E-state index contributed by atoms with van der Waals surface area (Å²) < 4.78 is 0. The van der Waals surface area contributed by atoms with Crippen molar-refractivity contribution in [3.8, 4) is 22.3 Å². The first-order valence-corrected chi connectivity index (χ1v) is 19.2. The van der Waals surface area contributed by atoms with Gasteiger partial charge in [-0.05, 0) is 72.0 Å². The summed E-state index contributed by atoms with van der Waals surface area (Å²) in [5, 5.41) is 43.1. The largest absolute Gasteiger partial charge is 0.509 e. The molecule has 2 radical (unpaired) electrons. The van der Waals surface area contributed by atoms with Gasteiger partial charge in [-0.25, -0.2) is 0 Å². The molecule has 0 aliphatic heterocycles. The van der Waals surface area contributed by atoms with Gasteiger partial charge in [0.15, 0.2) is 0 Å². The normalized spacial score (nSPS) is 12.4. The number of fused-ring (bicyclic) bond motifs is 6. The standard InChI is InChI=1S/C53H38BNO3/c1-34(55(46-31-17-16-24-39(46)35-18-4-2-5-19-35)47-32-37-22-8-9-23-38(37)40-25-10-13-28-43(40)47)53(58)52(54)51(48(57)33-56)50-45-30-15-12-27-42(45)41-26-11-14-29-44(41)49(50)36-20-6-3-7-21-36/h2-32,56-58H,1,33H2/b51-48+,53-52-. The van der Waals surface area contributed by atoms with Crippen molar-refractivity contribution in [1.82, 2.24) is 0 Å². The van der Waals surface area contributed by atoms with E-state index in [1.165, 1.54) is 0 Å². The van der Waals surface area contributed by atoms with Crippen molar-refractivity contribution in [3.63, 3.8) is 0 Å². The lowest BCUT2D eigenvalue weighted by molar-refractivity contribution is 0.255. The molecule has 9 rings (SSSR count). The fourth-order valence-electron chi connectivity index (χ4n) is 8.37. The van der Waals surface area contributed by atoms with E-state index in [0.717, 1.165) is 76.7 Å². The fraction of sp³-hybridized carbons (Fsp3) is 0.0189. The van der Waals surface area contributed by atoms with Gasteiger partial charge in [-0.3, -0.25) is 0 Å². The summed E-state index contributed by atoms with van der Waals surface area (Å²) >= 11 is 0. The minimum Gasteiger partial charge on any atom is -0.509 e. The SMILES string of the molecule is [B]C(/C(=C(/O)CO)c1c(-c2ccccc2)c2ccccc2c2ccccc12)=C(\O)C(=C)N(c1ccccc1-c1ccccc1)c1cc2ccccc2c2ccccc12. The van der Waals surface area contributed by atoms with Gasteiger partial charge < -0.3 is 20.2 Å². The van der Waals surface area contributed by atoms with Crippen molar-refractivity contribution in [2.24, 2.45) is 0 Å². The summed E-state index contributed by atoms with van der Waals surface area (Å²) in [7, 11) is 7.21. The number of hydrogen-bond donors (Lipinski definition) is 3. The first-order valence-electron chi connectivity index (χ1n) is 19.2. The number of hydrogen-bond acceptors (Lipinski definition) is 4. The molecule has 0 fully saturated rings. The van der Waals surface area contributed by atoms with Crippen molar-refractivity contribution >= 4 is 67.9 Å². The lowest BCUT2D eigenvalue weighted by Crippen LogP contribution is -2.20. The third-order valence-corrected chi connectivity index (χ3v) is 11.0. The van der Waals surface area contributed by atoms with Gasteiger partial charge in [-0.2, -0.15) is 0 Å². The van der Waals surface area contributed by atoms with Crippen molar-refractivity contribution < 1.29 is 15.3 Å². The van der Waals surface area contributed by atoms with Gasteiger partial charge in [0.2, 0.25) is 0 Å². The molecule has 276 valence electrons. The number of aliphatic hydroxyl groups excluding tert-OH is 3. The molecule has 9 aromatic rings. The highest BCUT2D eigenvalue weighted by molar-refractivity contribution is 6.34. The molecule has 0 bridgehead atoms. The molecular formula is C53H38BNO3. The van der Waals surface area contributed by atoms with Gasteiger partial charge >= 0.3 is 0 Å². The second-order valence-corrected chi connectivity index (χ2v) is 14.3. The van der Waals surface area contributed by atoms with E-state index in [1.807, 2.05) is 138 Å². The Kier molecular flexibility index (Phi) is 9.58. The zero-order valence-corrected chi connectivity index (χ0v) is 31.7. The van der Waals surface area contributed by atoms with Crippen molar-refractivity contribution in [1.29, 1.82) is 0 Å². The Bertz CT molecular complexity index is 3100. The molecule has 0 aliphatic rings. The third-order valence-electron chi connectivity index (χ3n) is 11.0. The number of anilines is 2. The number of benzene rings is 9. The molecule has 5 heteroatoms. The molecule has 0 saturated heterocycles. The summed E-state index contributed by atoms with van der Waals surface area (Å²) in [4.78, 5) is 1.95.